The van der Waals surface area contributed by atoms with Crippen molar-refractivity contribution in [3.8, 4) is 0 Å². The van der Waals surface area contributed by atoms with Crippen LogP contribution in [0.4, 0.5) is 5.69 Å². The van der Waals surface area contributed by atoms with Gasteiger partial charge in [-0.2, -0.15) is 0 Å². The molecule has 0 spiro atoms. The van der Waals surface area contributed by atoms with Crippen molar-refractivity contribution in [3.63, 3.8) is 0 Å². The van der Waals surface area contributed by atoms with E-state index in [4.69, 9.17) is 0 Å². The molecule has 102 valence electrons. The van der Waals surface area contributed by atoms with Gasteiger partial charge in [-0.3, -0.25) is 15.0 Å². The van der Waals surface area contributed by atoms with Crippen molar-refractivity contribution in [3.05, 3.63) is 39.4 Å². The molecule has 0 radical (unpaired) electrons. The number of fused-ring (bicyclic) bond motifs is 1. The minimum atomic E-state index is -0.290. The van der Waals surface area contributed by atoms with E-state index in [0.29, 0.717) is 0 Å². The molecule has 1 N–H and O–H groups in total. The van der Waals surface area contributed by atoms with Crippen LogP contribution >= 0.6 is 0 Å². The molecule has 3 rings (SSSR count). The van der Waals surface area contributed by atoms with Crippen LogP contribution in [0.15, 0.2) is 18.2 Å². The van der Waals surface area contributed by atoms with Crippen LogP contribution in [-0.4, -0.2) is 36.0 Å². The first-order valence-corrected chi connectivity index (χ1v) is 6.81. The summed E-state index contributed by atoms with van der Waals surface area (Å²) in [7, 11) is 0. The molecule has 19 heavy (non-hydrogen) atoms. The van der Waals surface area contributed by atoms with Gasteiger partial charge in [-0.15, -0.1) is 0 Å². The molecule has 0 amide bonds. The number of likely N-dealkylation sites (tertiary alicyclic amines) is 1. The van der Waals surface area contributed by atoms with Crippen LogP contribution in [-0.2, 0) is 6.54 Å². The monoisotopic (exact) mass is 261 g/mol. The van der Waals surface area contributed by atoms with Gasteiger partial charge in [0.2, 0.25) is 0 Å². The Balaban J connectivity index is 1.74. The van der Waals surface area contributed by atoms with Crippen molar-refractivity contribution in [2.45, 2.75) is 13.5 Å². The fraction of sp³-hybridized carbons (Fsp3) is 0.571. The Morgan fingerprint density at radius 2 is 2.05 bits per heavy atom. The lowest BCUT2D eigenvalue weighted by molar-refractivity contribution is -0.385. The smallest absolute Gasteiger partial charge is 0.272 e. The van der Waals surface area contributed by atoms with Gasteiger partial charge in [-0.05, 0) is 37.4 Å². The van der Waals surface area contributed by atoms with Crippen molar-refractivity contribution >= 4 is 5.69 Å². The third-order valence-electron chi connectivity index (χ3n) is 4.47. The Labute approximate surface area is 112 Å². The molecule has 0 aromatic heterocycles. The SMILES string of the molecule is Cc1c(CN2CC3CNCC3C2)cccc1[N+](=O)[O-]. The molecule has 5 nitrogen and oxygen atoms in total. The highest BCUT2D eigenvalue weighted by atomic mass is 16.6. The molecule has 2 atom stereocenters. The fourth-order valence-corrected chi connectivity index (χ4v) is 3.36. The van der Waals surface area contributed by atoms with Crippen LogP contribution in [0.2, 0.25) is 0 Å². The molecule has 0 aliphatic carbocycles. The Hall–Kier alpha value is -1.46. The van der Waals surface area contributed by atoms with E-state index >= 15 is 0 Å². The summed E-state index contributed by atoms with van der Waals surface area (Å²) in [4.78, 5) is 13.1. The standard InChI is InChI=1S/C14H19N3O2/c1-10-11(3-2-4-14(10)17(18)19)7-16-8-12-5-15-6-13(12)9-16/h2-4,12-13,15H,5-9H2,1H3. The summed E-state index contributed by atoms with van der Waals surface area (Å²) >= 11 is 0. The molecular formula is C14H19N3O2. The van der Waals surface area contributed by atoms with Crippen molar-refractivity contribution in [2.75, 3.05) is 26.2 Å². The highest BCUT2D eigenvalue weighted by molar-refractivity contribution is 5.44. The Morgan fingerprint density at radius 3 is 2.68 bits per heavy atom. The molecular weight excluding hydrogens is 242 g/mol. The third-order valence-corrected chi connectivity index (χ3v) is 4.47. The van der Waals surface area contributed by atoms with Gasteiger partial charge in [0.1, 0.15) is 0 Å². The predicted molar refractivity (Wildman–Crippen MR) is 73.0 cm³/mol. The van der Waals surface area contributed by atoms with Crippen LogP contribution in [0.3, 0.4) is 0 Å². The predicted octanol–water partition coefficient (Wildman–Crippen LogP) is 1.55. The average molecular weight is 261 g/mol. The summed E-state index contributed by atoms with van der Waals surface area (Å²) in [5.41, 5.74) is 2.13. The Kier molecular flexibility index (Phi) is 3.24. The minimum absolute atomic E-state index is 0.235. The van der Waals surface area contributed by atoms with E-state index in [2.05, 4.69) is 10.2 Å². The number of nitro groups is 1. The van der Waals surface area contributed by atoms with Crippen LogP contribution in [0.1, 0.15) is 11.1 Å². The zero-order valence-corrected chi connectivity index (χ0v) is 11.1. The number of nitrogens with one attached hydrogen (secondary N) is 1. The van der Waals surface area contributed by atoms with E-state index in [1.807, 2.05) is 13.0 Å². The highest BCUT2D eigenvalue weighted by Crippen LogP contribution is 2.29. The normalized spacial score (nSPS) is 26.6. The molecule has 0 bridgehead atoms. The van der Waals surface area contributed by atoms with E-state index in [9.17, 15) is 10.1 Å². The van der Waals surface area contributed by atoms with Gasteiger partial charge in [-0.1, -0.05) is 12.1 Å². The number of hydrogen-bond donors (Lipinski definition) is 1. The highest BCUT2D eigenvalue weighted by Gasteiger charge is 2.36. The van der Waals surface area contributed by atoms with Crippen LogP contribution in [0.25, 0.3) is 0 Å². The van der Waals surface area contributed by atoms with Crippen LogP contribution in [0.5, 0.6) is 0 Å². The van der Waals surface area contributed by atoms with Crippen LogP contribution < -0.4 is 5.32 Å². The second-order valence-corrected chi connectivity index (χ2v) is 5.69. The van der Waals surface area contributed by atoms with Gasteiger partial charge in [0.25, 0.3) is 5.69 Å². The van der Waals surface area contributed by atoms with Crippen LogP contribution in [0, 0.1) is 28.9 Å². The van der Waals surface area contributed by atoms with Gasteiger partial charge < -0.3 is 5.32 Å². The maximum absolute atomic E-state index is 11.0. The molecule has 2 aliphatic heterocycles. The molecule has 1 aromatic rings. The summed E-state index contributed by atoms with van der Waals surface area (Å²) in [6.45, 7) is 7.15. The quantitative estimate of drug-likeness (QED) is 0.662. The first kappa shape index (κ1) is 12.6. The summed E-state index contributed by atoms with van der Waals surface area (Å²) in [5.74, 6) is 1.53. The summed E-state index contributed by atoms with van der Waals surface area (Å²) in [6, 6.07) is 5.38. The van der Waals surface area contributed by atoms with Crippen molar-refractivity contribution in [1.82, 2.24) is 10.2 Å². The van der Waals surface area contributed by atoms with Gasteiger partial charge >= 0.3 is 0 Å². The molecule has 2 saturated heterocycles. The average Bonchev–Trinajstić information content (AvgIpc) is 2.92. The fourth-order valence-electron chi connectivity index (χ4n) is 3.36. The van der Waals surface area contributed by atoms with Gasteiger partial charge in [-0.25, -0.2) is 0 Å². The zero-order valence-electron chi connectivity index (χ0n) is 11.1. The Bertz CT molecular complexity index is 491. The lowest BCUT2D eigenvalue weighted by atomic mass is 10.0. The Morgan fingerprint density at radius 1 is 1.37 bits per heavy atom. The maximum atomic E-state index is 11.0. The van der Waals surface area contributed by atoms with Gasteiger partial charge in [0.15, 0.2) is 0 Å². The second kappa shape index (κ2) is 4.90. The van der Waals surface area contributed by atoms with Crippen molar-refractivity contribution in [1.29, 1.82) is 0 Å². The van der Waals surface area contributed by atoms with Crippen molar-refractivity contribution < 1.29 is 4.92 Å². The lowest BCUT2D eigenvalue weighted by Gasteiger charge is -2.18. The second-order valence-electron chi connectivity index (χ2n) is 5.69. The van der Waals surface area contributed by atoms with E-state index in [1.54, 1.807) is 12.1 Å². The number of nitrogens with zero attached hydrogens (tertiary/aromatic N) is 2. The number of nitro benzene ring substituents is 1. The lowest BCUT2D eigenvalue weighted by Crippen LogP contribution is -2.25. The number of benzene rings is 1. The molecule has 5 heteroatoms. The zero-order chi connectivity index (χ0) is 13.4. The van der Waals surface area contributed by atoms with E-state index < -0.39 is 0 Å². The number of rotatable bonds is 3. The van der Waals surface area contributed by atoms with E-state index in [-0.39, 0.29) is 10.6 Å². The topological polar surface area (TPSA) is 58.4 Å². The van der Waals surface area contributed by atoms with Crippen molar-refractivity contribution in [2.24, 2.45) is 11.8 Å². The molecule has 2 unspecified atom stereocenters. The van der Waals surface area contributed by atoms with E-state index in [1.165, 1.54) is 0 Å². The van der Waals surface area contributed by atoms with E-state index in [0.717, 1.165) is 55.7 Å². The third kappa shape index (κ3) is 2.35. The first-order valence-electron chi connectivity index (χ1n) is 6.81. The molecule has 1 aromatic carbocycles. The molecule has 0 saturated carbocycles. The minimum Gasteiger partial charge on any atom is -0.316 e. The largest absolute Gasteiger partial charge is 0.316 e. The molecule has 2 fully saturated rings. The number of hydrogen-bond acceptors (Lipinski definition) is 4. The van der Waals surface area contributed by atoms with Gasteiger partial charge in [0, 0.05) is 31.3 Å². The molecule has 2 aliphatic rings. The maximum Gasteiger partial charge on any atom is 0.272 e. The summed E-state index contributed by atoms with van der Waals surface area (Å²) in [6.07, 6.45) is 0. The summed E-state index contributed by atoms with van der Waals surface area (Å²) < 4.78 is 0. The first-order chi connectivity index (χ1) is 9.15. The van der Waals surface area contributed by atoms with Gasteiger partial charge in [0.05, 0.1) is 4.92 Å². The summed E-state index contributed by atoms with van der Waals surface area (Å²) in [5, 5.41) is 14.4. The molecule has 2 heterocycles.